The van der Waals surface area contributed by atoms with E-state index in [1.54, 1.807) is 13.3 Å². The normalized spacial score (nSPS) is 20.0. The Kier molecular flexibility index (Phi) is 7.33. The highest BCUT2D eigenvalue weighted by Gasteiger charge is 2.26. The molecule has 3 aromatic rings. The van der Waals surface area contributed by atoms with Crippen LogP contribution in [0.2, 0.25) is 0 Å². The number of amides is 1. The van der Waals surface area contributed by atoms with Crippen molar-refractivity contribution in [2.75, 3.05) is 13.7 Å². The summed E-state index contributed by atoms with van der Waals surface area (Å²) >= 11 is 0. The molecule has 5 rings (SSSR count). The Hall–Kier alpha value is -2.77. The lowest BCUT2D eigenvalue weighted by atomic mass is 9.91. The molecule has 0 radical (unpaired) electrons. The molecule has 2 aliphatic rings. The molecular formula is C26H33ClN4O3. The van der Waals surface area contributed by atoms with E-state index < -0.39 is 0 Å². The van der Waals surface area contributed by atoms with Crippen molar-refractivity contribution < 1.29 is 14.3 Å². The Bertz CT molecular complexity index is 1170. The fourth-order valence-corrected chi connectivity index (χ4v) is 4.69. The molecule has 2 saturated carbocycles. The first kappa shape index (κ1) is 24.4. The number of nitrogens with two attached hydrogens (primary N) is 1. The van der Waals surface area contributed by atoms with Gasteiger partial charge in [-0.1, -0.05) is 0 Å². The Morgan fingerprint density at radius 1 is 1.15 bits per heavy atom. The highest BCUT2D eigenvalue weighted by molar-refractivity contribution is 6.09. The Balaban J connectivity index is 0.00000274. The van der Waals surface area contributed by atoms with Crippen LogP contribution in [-0.2, 0) is 0 Å². The van der Waals surface area contributed by atoms with E-state index in [9.17, 15) is 4.79 Å². The lowest BCUT2D eigenvalue weighted by Crippen LogP contribution is -2.40. The number of nitrogens with one attached hydrogen (secondary N) is 2. The molecule has 2 aliphatic carbocycles. The zero-order chi connectivity index (χ0) is 22.9. The number of fused-ring (bicyclic) bond motifs is 1. The number of aromatic nitrogens is 2. The van der Waals surface area contributed by atoms with Crippen molar-refractivity contribution in [3.63, 3.8) is 0 Å². The molecule has 182 valence electrons. The van der Waals surface area contributed by atoms with Crippen LogP contribution in [0.25, 0.3) is 22.2 Å². The molecule has 8 heteroatoms. The maximum absolute atomic E-state index is 13.2. The Labute approximate surface area is 206 Å². The number of pyridine rings is 1. The van der Waals surface area contributed by atoms with Crippen LogP contribution < -0.4 is 20.5 Å². The summed E-state index contributed by atoms with van der Waals surface area (Å²) < 4.78 is 11.6. The molecular weight excluding hydrogens is 452 g/mol. The molecule has 1 aromatic carbocycles. The van der Waals surface area contributed by atoms with Gasteiger partial charge in [0.25, 0.3) is 5.91 Å². The van der Waals surface area contributed by atoms with Crippen molar-refractivity contribution in [3.05, 3.63) is 41.7 Å². The van der Waals surface area contributed by atoms with Crippen LogP contribution in [0.3, 0.4) is 0 Å². The number of aryl methyl sites for hydroxylation is 1. The summed E-state index contributed by atoms with van der Waals surface area (Å²) in [6, 6.07) is 8.25. The number of halogens is 1. The predicted octanol–water partition coefficient (Wildman–Crippen LogP) is 4.76. The molecule has 0 spiro atoms. The third kappa shape index (κ3) is 5.00. The third-order valence-corrected chi connectivity index (χ3v) is 6.86. The van der Waals surface area contributed by atoms with Crippen molar-refractivity contribution in [2.24, 2.45) is 11.7 Å². The van der Waals surface area contributed by atoms with Gasteiger partial charge in [-0.25, -0.2) is 0 Å². The lowest BCUT2D eigenvalue weighted by molar-refractivity contribution is 0.0927. The standard InChI is InChI=1S/C26H32N4O3.ClH/c1-15-23(26(31)30-18-7-5-17(27)6-8-18)25-24(29-15)21(11-12-28-25)20-10-9-19(32-2)13-22(20)33-14-16-3-4-16;/h9-13,16-18,29H,3-8,14,27H2,1-2H3,(H,30,31);1H/t17-,18-;. The quantitative estimate of drug-likeness (QED) is 0.448. The summed E-state index contributed by atoms with van der Waals surface area (Å²) in [6.07, 6.45) is 7.93. The highest BCUT2D eigenvalue weighted by atomic mass is 35.5. The van der Waals surface area contributed by atoms with E-state index in [1.807, 2.05) is 31.2 Å². The number of aromatic amines is 1. The number of carbonyl (C=O) groups excluding carboxylic acids is 1. The summed E-state index contributed by atoms with van der Waals surface area (Å²) in [7, 11) is 1.66. The van der Waals surface area contributed by atoms with Gasteiger partial charge in [0.1, 0.15) is 17.0 Å². The fourth-order valence-electron chi connectivity index (χ4n) is 4.69. The van der Waals surface area contributed by atoms with Crippen molar-refractivity contribution in [1.82, 2.24) is 15.3 Å². The molecule has 2 aromatic heterocycles. The van der Waals surface area contributed by atoms with Gasteiger partial charge < -0.3 is 25.5 Å². The monoisotopic (exact) mass is 484 g/mol. The van der Waals surface area contributed by atoms with Gasteiger partial charge >= 0.3 is 0 Å². The first-order chi connectivity index (χ1) is 16.0. The minimum absolute atomic E-state index is 0. The largest absolute Gasteiger partial charge is 0.497 e. The van der Waals surface area contributed by atoms with Crippen LogP contribution in [0.15, 0.2) is 30.5 Å². The molecule has 0 aliphatic heterocycles. The van der Waals surface area contributed by atoms with E-state index >= 15 is 0 Å². The number of hydrogen-bond donors (Lipinski definition) is 3. The minimum Gasteiger partial charge on any atom is -0.497 e. The van der Waals surface area contributed by atoms with Crippen LogP contribution in [0.5, 0.6) is 11.5 Å². The molecule has 4 N–H and O–H groups in total. The zero-order valence-electron chi connectivity index (χ0n) is 19.7. The van der Waals surface area contributed by atoms with Gasteiger partial charge in [0.05, 0.1) is 24.8 Å². The van der Waals surface area contributed by atoms with Crippen LogP contribution in [0.1, 0.15) is 54.6 Å². The second-order valence-electron chi connectivity index (χ2n) is 9.41. The van der Waals surface area contributed by atoms with Gasteiger partial charge in [0.2, 0.25) is 0 Å². The number of benzene rings is 1. The molecule has 7 nitrogen and oxygen atoms in total. The van der Waals surface area contributed by atoms with Gasteiger partial charge in [-0.05, 0) is 69.6 Å². The smallest absolute Gasteiger partial charge is 0.255 e. The maximum Gasteiger partial charge on any atom is 0.255 e. The van der Waals surface area contributed by atoms with Crippen LogP contribution >= 0.6 is 12.4 Å². The first-order valence-corrected chi connectivity index (χ1v) is 11.9. The molecule has 0 unspecified atom stereocenters. The Morgan fingerprint density at radius 3 is 2.62 bits per heavy atom. The van der Waals surface area contributed by atoms with Crippen molar-refractivity contribution in [1.29, 1.82) is 0 Å². The summed E-state index contributed by atoms with van der Waals surface area (Å²) in [6.45, 7) is 2.63. The Morgan fingerprint density at radius 2 is 1.91 bits per heavy atom. The average Bonchev–Trinajstić information content (AvgIpc) is 3.58. The summed E-state index contributed by atoms with van der Waals surface area (Å²) in [5, 5.41) is 3.20. The second-order valence-corrected chi connectivity index (χ2v) is 9.41. The van der Waals surface area contributed by atoms with Crippen LogP contribution in [0, 0.1) is 12.8 Å². The number of ether oxygens (including phenoxy) is 2. The van der Waals surface area contributed by atoms with E-state index in [1.165, 1.54) is 12.8 Å². The van der Waals surface area contributed by atoms with Gasteiger partial charge in [0, 0.05) is 41.2 Å². The average molecular weight is 485 g/mol. The van der Waals surface area contributed by atoms with Crippen LogP contribution in [-0.4, -0.2) is 41.7 Å². The molecule has 0 atom stereocenters. The molecule has 2 heterocycles. The van der Waals surface area contributed by atoms with Gasteiger partial charge in [0.15, 0.2) is 0 Å². The van der Waals surface area contributed by atoms with E-state index in [2.05, 4.69) is 15.3 Å². The number of carbonyl (C=O) groups is 1. The number of rotatable bonds is 7. The van der Waals surface area contributed by atoms with E-state index in [0.29, 0.717) is 23.6 Å². The minimum atomic E-state index is -0.0798. The number of H-pyrrole nitrogens is 1. The first-order valence-electron chi connectivity index (χ1n) is 11.9. The molecule has 2 fully saturated rings. The molecule has 1 amide bonds. The van der Waals surface area contributed by atoms with E-state index in [-0.39, 0.29) is 30.4 Å². The van der Waals surface area contributed by atoms with E-state index in [0.717, 1.165) is 59.5 Å². The summed E-state index contributed by atoms with van der Waals surface area (Å²) in [5.74, 6) is 2.10. The second kappa shape index (κ2) is 10.2. The van der Waals surface area contributed by atoms with Crippen molar-refractivity contribution in [3.8, 4) is 22.6 Å². The third-order valence-electron chi connectivity index (χ3n) is 6.86. The molecule has 0 bridgehead atoms. The topological polar surface area (TPSA) is 102 Å². The van der Waals surface area contributed by atoms with Gasteiger partial charge in [-0.15, -0.1) is 12.4 Å². The SMILES string of the molecule is COc1ccc(-c2ccnc3c(C(=O)N[C@H]4CC[C@H](N)CC4)c(C)[nH]c23)c(OCC2CC2)c1.Cl. The molecule has 34 heavy (non-hydrogen) atoms. The lowest BCUT2D eigenvalue weighted by Gasteiger charge is -2.26. The van der Waals surface area contributed by atoms with E-state index in [4.69, 9.17) is 15.2 Å². The summed E-state index contributed by atoms with van der Waals surface area (Å²) in [5.41, 5.74) is 10.9. The fraction of sp³-hybridized carbons (Fsp3) is 0.462. The van der Waals surface area contributed by atoms with Gasteiger partial charge in [-0.2, -0.15) is 0 Å². The number of hydrogen-bond acceptors (Lipinski definition) is 5. The number of nitrogens with zero attached hydrogens (tertiary/aromatic N) is 1. The summed E-state index contributed by atoms with van der Waals surface area (Å²) in [4.78, 5) is 21.2. The number of methoxy groups -OCH3 is 1. The van der Waals surface area contributed by atoms with Crippen molar-refractivity contribution >= 4 is 29.3 Å². The van der Waals surface area contributed by atoms with Gasteiger partial charge in [-0.3, -0.25) is 9.78 Å². The van der Waals surface area contributed by atoms with Crippen LogP contribution in [0.4, 0.5) is 0 Å². The maximum atomic E-state index is 13.2. The zero-order valence-corrected chi connectivity index (χ0v) is 20.5. The van der Waals surface area contributed by atoms with Crippen molar-refractivity contribution in [2.45, 2.75) is 57.5 Å². The highest BCUT2D eigenvalue weighted by Crippen LogP contribution is 2.39. The molecule has 0 saturated heterocycles. The predicted molar refractivity (Wildman–Crippen MR) is 136 cm³/mol.